The van der Waals surface area contributed by atoms with Crippen molar-refractivity contribution in [1.82, 2.24) is 0 Å². The summed E-state index contributed by atoms with van der Waals surface area (Å²) < 4.78 is 31.3. The van der Waals surface area contributed by atoms with Gasteiger partial charge in [0.05, 0.1) is 9.38 Å². The molecule has 0 atom stereocenters. The first kappa shape index (κ1) is 15.5. The second kappa shape index (κ2) is 5.47. The SMILES string of the molecule is C=C(Br)C(=O)Nc1ccc2cc(S(=O)(=O)O)cc(O)c2c1. The Bertz CT molecular complexity index is 860. The van der Waals surface area contributed by atoms with Crippen LogP contribution in [0.3, 0.4) is 0 Å². The topological polar surface area (TPSA) is 104 Å². The maximum atomic E-state index is 11.5. The zero-order valence-corrected chi connectivity index (χ0v) is 12.9. The minimum absolute atomic E-state index is 0.147. The van der Waals surface area contributed by atoms with Gasteiger partial charge in [-0.2, -0.15) is 8.42 Å². The molecule has 0 saturated heterocycles. The molecule has 2 aromatic carbocycles. The number of rotatable bonds is 3. The Morgan fingerprint density at radius 3 is 2.48 bits per heavy atom. The zero-order valence-electron chi connectivity index (χ0n) is 10.5. The van der Waals surface area contributed by atoms with Crippen LogP contribution in [-0.4, -0.2) is 24.0 Å². The van der Waals surface area contributed by atoms with Crippen molar-refractivity contribution in [3.63, 3.8) is 0 Å². The van der Waals surface area contributed by atoms with Crippen molar-refractivity contribution in [1.29, 1.82) is 0 Å². The van der Waals surface area contributed by atoms with E-state index in [4.69, 9.17) is 4.55 Å². The van der Waals surface area contributed by atoms with Crippen LogP contribution in [0.1, 0.15) is 0 Å². The summed E-state index contributed by atoms with van der Waals surface area (Å²) in [7, 11) is -4.40. The molecule has 8 heteroatoms. The van der Waals surface area contributed by atoms with Crippen LogP contribution in [-0.2, 0) is 14.9 Å². The predicted molar refractivity (Wildman–Crippen MR) is 82.1 cm³/mol. The highest BCUT2D eigenvalue weighted by atomic mass is 79.9. The lowest BCUT2D eigenvalue weighted by molar-refractivity contribution is -0.112. The number of carbonyl (C=O) groups excluding carboxylic acids is 1. The number of nitrogens with one attached hydrogen (secondary N) is 1. The molecule has 0 spiro atoms. The van der Waals surface area contributed by atoms with Crippen LogP contribution in [0, 0.1) is 0 Å². The molecule has 3 N–H and O–H groups in total. The van der Waals surface area contributed by atoms with Gasteiger partial charge in [-0.1, -0.05) is 12.6 Å². The minimum atomic E-state index is -4.40. The fourth-order valence-corrected chi connectivity index (χ4v) is 2.37. The van der Waals surface area contributed by atoms with Crippen LogP contribution >= 0.6 is 15.9 Å². The van der Waals surface area contributed by atoms with Crippen molar-refractivity contribution in [2.75, 3.05) is 5.32 Å². The van der Waals surface area contributed by atoms with E-state index in [9.17, 15) is 18.3 Å². The molecule has 2 rings (SSSR count). The van der Waals surface area contributed by atoms with Crippen LogP contribution in [0.5, 0.6) is 5.75 Å². The molecule has 110 valence electrons. The molecule has 2 aromatic rings. The largest absolute Gasteiger partial charge is 0.507 e. The lowest BCUT2D eigenvalue weighted by Crippen LogP contribution is -2.10. The Labute approximate surface area is 129 Å². The van der Waals surface area contributed by atoms with Crippen molar-refractivity contribution in [2.45, 2.75) is 4.90 Å². The first-order valence-electron chi connectivity index (χ1n) is 5.58. The second-order valence-electron chi connectivity index (χ2n) is 4.21. The van der Waals surface area contributed by atoms with E-state index < -0.39 is 20.9 Å². The van der Waals surface area contributed by atoms with Crippen molar-refractivity contribution in [2.24, 2.45) is 0 Å². The fraction of sp³-hybridized carbons (Fsp3) is 0. The quantitative estimate of drug-likeness (QED) is 0.568. The Morgan fingerprint density at radius 1 is 1.24 bits per heavy atom. The number of halogens is 1. The molecular formula is C13H10BrNO5S. The van der Waals surface area contributed by atoms with Gasteiger partial charge >= 0.3 is 0 Å². The molecule has 0 bridgehead atoms. The molecule has 0 aromatic heterocycles. The van der Waals surface area contributed by atoms with Gasteiger partial charge in [-0.3, -0.25) is 9.35 Å². The van der Waals surface area contributed by atoms with Gasteiger partial charge in [0.15, 0.2) is 0 Å². The number of amides is 1. The smallest absolute Gasteiger partial charge is 0.294 e. The van der Waals surface area contributed by atoms with E-state index in [2.05, 4.69) is 27.8 Å². The molecule has 6 nitrogen and oxygen atoms in total. The molecule has 0 saturated carbocycles. The molecule has 0 heterocycles. The number of hydrogen-bond donors (Lipinski definition) is 3. The predicted octanol–water partition coefficient (Wildman–Crippen LogP) is 2.64. The van der Waals surface area contributed by atoms with E-state index in [1.165, 1.54) is 24.3 Å². The Kier molecular flexibility index (Phi) is 4.04. The van der Waals surface area contributed by atoms with Crippen LogP contribution in [0.2, 0.25) is 0 Å². The average Bonchev–Trinajstić information content (AvgIpc) is 2.38. The molecule has 0 aliphatic rings. The number of fused-ring (bicyclic) bond motifs is 1. The summed E-state index contributed by atoms with van der Waals surface area (Å²) in [5.41, 5.74) is 0.406. The summed E-state index contributed by atoms with van der Waals surface area (Å²) in [6, 6.07) is 6.68. The number of anilines is 1. The Hall–Kier alpha value is -1.90. The highest BCUT2D eigenvalue weighted by molar-refractivity contribution is 9.12. The van der Waals surface area contributed by atoms with Crippen molar-refractivity contribution in [3.05, 3.63) is 41.4 Å². The Balaban J connectivity index is 2.53. The second-order valence-corrected chi connectivity index (χ2v) is 6.59. The number of hydrogen-bond acceptors (Lipinski definition) is 4. The molecule has 0 aliphatic heterocycles. The molecule has 21 heavy (non-hydrogen) atoms. The van der Waals surface area contributed by atoms with Crippen LogP contribution in [0.4, 0.5) is 5.69 Å². The molecule has 0 aliphatic carbocycles. The molecule has 0 unspecified atom stereocenters. The third kappa shape index (κ3) is 3.41. The van der Waals surface area contributed by atoms with Crippen molar-refractivity contribution < 1.29 is 22.9 Å². The highest BCUT2D eigenvalue weighted by Crippen LogP contribution is 2.31. The summed E-state index contributed by atoms with van der Waals surface area (Å²) in [5, 5.41) is 13.1. The molecular weight excluding hydrogens is 362 g/mol. The lowest BCUT2D eigenvalue weighted by Gasteiger charge is -2.08. The zero-order chi connectivity index (χ0) is 15.8. The summed E-state index contributed by atoms with van der Waals surface area (Å²) in [4.78, 5) is 11.1. The van der Waals surface area contributed by atoms with Crippen LogP contribution < -0.4 is 5.32 Å². The van der Waals surface area contributed by atoms with E-state index in [0.717, 1.165) is 6.07 Å². The number of phenols is 1. The third-order valence-electron chi connectivity index (χ3n) is 2.71. The van der Waals surface area contributed by atoms with Gasteiger partial charge in [0, 0.05) is 17.1 Å². The van der Waals surface area contributed by atoms with Gasteiger partial charge in [-0.25, -0.2) is 0 Å². The third-order valence-corrected chi connectivity index (χ3v) is 3.90. The monoisotopic (exact) mass is 371 g/mol. The van der Waals surface area contributed by atoms with E-state index in [1.54, 1.807) is 0 Å². The number of carbonyl (C=O) groups is 1. The summed E-state index contributed by atoms with van der Waals surface area (Å²) >= 11 is 2.94. The van der Waals surface area contributed by atoms with Gasteiger partial charge in [-0.15, -0.1) is 0 Å². The standard InChI is InChI=1S/C13H10BrNO5S/c1-7(14)13(17)15-9-3-2-8-4-10(21(18,19)20)6-12(16)11(8)5-9/h2-6,16H,1H2,(H,15,17)(H,18,19,20). The van der Waals surface area contributed by atoms with Gasteiger partial charge in [-0.05, 0) is 39.5 Å². The van der Waals surface area contributed by atoms with E-state index in [0.29, 0.717) is 16.5 Å². The molecule has 0 fully saturated rings. The van der Waals surface area contributed by atoms with E-state index >= 15 is 0 Å². The number of phenolic OH excluding ortho intramolecular Hbond substituents is 1. The summed E-state index contributed by atoms with van der Waals surface area (Å²) in [6.45, 7) is 3.43. The van der Waals surface area contributed by atoms with Crippen LogP contribution in [0.25, 0.3) is 10.8 Å². The van der Waals surface area contributed by atoms with E-state index in [1.807, 2.05) is 0 Å². The maximum Gasteiger partial charge on any atom is 0.294 e. The average molecular weight is 372 g/mol. The first-order valence-corrected chi connectivity index (χ1v) is 7.82. The van der Waals surface area contributed by atoms with Gasteiger partial charge < -0.3 is 10.4 Å². The summed E-state index contributed by atoms with van der Waals surface area (Å²) in [5.74, 6) is -0.766. The lowest BCUT2D eigenvalue weighted by atomic mass is 10.1. The first-order chi connectivity index (χ1) is 9.68. The van der Waals surface area contributed by atoms with Gasteiger partial charge in [0.2, 0.25) is 0 Å². The highest BCUT2D eigenvalue weighted by Gasteiger charge is 2.14. The molecule has 1 amide bonds. The van der Waals surface area contributed by atoms with Crippen molar-refractivity contribution in [3.8, 4) is 5.75 Å². The fourth-order valence-electron chi connectivity index (χ4n) is 1.74. The summed E-state index contributed by atoms with van der Waals surface area (Å²) in [6.07, 6.45) is 0. The minimum Gasteiger partial charge on any atom is -0.507 e. The van der Waals surface area contributed by atoms with Gasteiger partial charge in [0.1, 0.15) is 5.75 Å². The van der Waals surface area contributed by atoms with Crippen molar-refractivity contribution >= 4 is 48.4 Å². The van der Waals surface area contributed by atoms with E-state index in [-0.39, 0.29) is 10.2 Å². The normalized spacial score (nSPS) is 11.3. The number of benzene rings is 2. The Morgan fingerprint density at radius 2 is 1.90 bits per heavy atom. The van der Waals surface area contributed by atoms with Gasteiger partial charge in [0.25, 0.3) is 16.0 Å². The number of aromatic hydroxyl groups is 1. The molecule has 0 radical (unpaired) electrons. The maximum absolute atomic E-state index is 11.5. The van der Waals surface area contributed by atoms with Crippen LogP contribution in [0.15, 0.2) is 46.3 Å².